The van der Waals surface area contributed by atoms with Crippen LogP contribution in [0.15, 0.2) is 42.5 Å². The van der Waals surface area contributed by atoms with Crippen LogP contribution in [-0.2, 0) is 0 Å². The zero-order chi connectivity index (χ0) is 12.3. The van der Waals surface area contributed by atoms with Gasteiger partial charge in [-0.1, -0.05) is 12.1 Å². The maximum atomic E-state index is 13.6. The fourth-order valence-corrected chi connectivity index (χ4v) is 1.56. The highest BCUT2D eigenvalue weighted by atomic mass is 19.1. The molecular weight excluding hydrogens is 215 g/mol. The van der Waals surface area contributed by atoms with Crippen molar-refractivity contribution in [3.05, 3.63) is 59.4 Å². The molecule has 0 bridgehead atoms. The van der Waals surface area contributed by atoms with Crippen molar-refractivity contribution < 1.29 is 4.39 Å². The van der Waals surface area contributed by atoms with Gasteiger partial charge in [0.05, 0.1) is 17.3 Å². The van der Waals surface area contributed by atoms with Crippen molar-refractivity contribution in [1.29, 1.82) is 5.26 Å². The van der Waals surface area contributed by atoms with Crippen LogP contribution in [-0.4, -0.2) is 0 Å². The highest BCUT2D eigenvalue weighted by Crippen LogP contribution is 2.23. The molecule has 0 unspecified atom stereocenters. The Morgan fingerprint density at radius 3 is 2.41 bits per heavy atom. The van der Waals surface area contributed by atoms with Crippen LogP contribution in [0.1, 0.15) is 11.1 Å². The summed E-state index contributed by atoms with van der Waals surface area (Å²) in [6.45, 7) is 1.84. The zero-order valence-corrected chi connectivity index (χ0v) is 9.37. The Hall–Kier alpha value is -2.34. The SMILES string of the molecule is Cc1cccc(F)c1Nc1ccc(C#N)cc1. The smallest absolute Gasteiger partial charge is 0.146 e. The van der Waals surface area contributed by atoms with Gasteiger partial charge in [-0.05, 0) is 42.8 Å². The number of anilines is 2. The molecule has 0 atom stereocenters. The number of rotatable bonds is 2. The van der Waals surface area contributed by atoms with Gasteiger partial charge in [0, 0.05) is 5.69 Å². The van der Waals surface area contributed by atoms with Crippen LogP contribution in [0.3, 0.4) is 0 Å². The molecule has 3 heteroatoms. The van der Waals surface area contributed by atoms with E-state index in [1.54, 1.807) is 30.3 Å². The molecule has 2 nitrogen and oxygen atoms in total. The molecule has 2 aromatic carbocycles. The number of benzene rings is 2. The quantitative estimate of drug-likeness (QED) is 0.846. The Kier molecular flexibility index (Phi) is 3.06. The van der Waals surface area contributed by atoms with E-state index < -0.39 is 0 Å². The molecule has 2 aromatic rings. The minimum atomic E-state index is -0.283. The van der Waals surface area contributed by atoms with Gasteiger partial charge in [-0.15, -0.1) is 0 Å². The zero-order valence-electron chi connectivity index (χ0n) is 9.37. The standard InChI is InChI=1S/C14H11FN2/c1-10-3-2-4-13(15)14(10)17-12-7-5-11(9-16)6-8-12/h2-8,17H,1H3. The fourth-order valence-electron chi connectivity index (χ4n) is 1.56. The van der Waals surface area contributed by atoms with Gasteiger partial charge >= 0.3 is 0 Å². The van der Waals surface area contributed by atoms with Gasteiger partial charge in [0.15, 0.2) is 0 Å². The van der Waals surface area contributed by atoms with Crippen LogP contribution in [0.2, 0.25) is 0 Å². The number of para-hydroxylation sites is 1. The van der Waals surface area contributed by atoms with E-state index in [4.69, 9.17) is 5.26 Å². The first-order valence-corrected chi connectivity index (χ1v) is 5.23. The van der Waals surface area contributed by atoms with Crippen LogP contribution >= 0.6 is 0 Å². The van der Waals surface area contributed by atoms with Crippen LogP contribution in [0.25, 0.3) is 0 Å². The monoisotopic (exact) mass is 226 g/mol. The number of hydrogen-bond donors (Lipinski definition) is 1. The molecule has 0 radical (unpaired) electrons. The first-order valence-electron chi connectivity index (χ1n) is 5.23. The lowest BCUT2D eigenvalue weighted by Crippen LogP contribution is -1.96. The van der Waals surface area contributed by atoms with Crippen molar-refractivity contribution in [3.8, 4) is 6.07 Å². The second-order valence-corrected chi connectivity index (χ2v) is 3.75. The summed E-state index contributed by atoms with van der Waals surface area (Å²) in [4.78, 5) is 0. The van der Waals surface area contributed by atoms with Gasteiger partial charge in [-0.3, -0.25) is 0 Å². The molecule has 0 heterocycles. The molecule has 84 valence electrons. The molecule has 2 rings (SSSR count). The summed E-state index contributed by atoms with van der Waals surface area (Å²) in [5.74, 6) is -0.283. The second-order valence-electron chi connectivity index (χ2n) is 3.75. The van der Waals surface area contributed by atoms with Gasteiger partial charge in [0.1, 0.15) is 5.82 Å². The Labute approximate surface area is 99.3 Å². The molecule has 17 heavy (non-hydrogen) atoms. The summed E-state index contributed by atoms with van der Waals surface area (Å²) in [7, 11) is 0. The van der Waals surface area contributed by atoms with Crippen molar-refractivity contribution in [3.63, 3.8) is 0 Å². The molecule has 0 saturated carbocycles. The summed E-state index contributed by atoms with van der Waals surface area (Å²) in [6, 6.07) is 13.9. The van der Waals surface area contributed by atoms with E-state index in [1.807, 2.05) is 19.1 Å². The predicted molar refractivity (Wildman–Crippen MR) is 65.6 cm³/mol. The van der Waals surface area contributed by atoms with Crippen LogP contribution in [0, 0.1) is 24.1 Å². The number of aryl methyl sites for hydroxylation is 1. The average Bonchev–Trinajstić information content (AvgIpc) is 2.35. The highest BCUT2D eigenvalue weighted by molar-refractivity contribution is 5.64. The van der Waals surface area contributed by atoms with Crippen molar-refractivity contribution >= 4 is 11.4 Å². The molecule has 0 aliphatic carbocycles. The topological polar surface area (TPSA) is 35.8 Å². The summed E-state index contributed by atoms with van der Waals surface area (Å²) < 4.78 is 13.6. The van der Waals surface area contributed by atoms with Crippen LogP contribution < -0.4 is 5.32 Å². The lowest BCUT2D eigenvalue weighted by Gasteiger charge is -2.10. The van der Waals surface area contributed by atoms with Crippen LogP contribution in [0.4, 0.5) is 15.8 Å². The largest absolute Gasteiger partial charge is 0.353 e. The van der Waals surface area contributed by atoms with Gasteiger partial charge < -0.3 is 5.32 Å². The van der Waals surface area contributed by atoms with E-state index in [0.29, 0.717) is 11.3 Å². The van der Waals surface area contributed by atoms with Gasteiger partial charge in [-0.2, -0.15) is 5.26 Å². The Morgan fingerprint density at radius 2 is 1.82 bits per heavy atom. The van der Waals surface area contributed by atoms with E-state index in [1.165, 1.54) is 6.07 Å². The van der Waals surface area contributed by atoms with Crippen LogP contribution in [0.5, 0.6) is 0 Å². The lowest BCUT2D eigenvalue weighted by molar-refractivity contribution is 0.631. The van der Waals surface area contributed by atoms with Crippen molar-refractivity contribution in [1.82, 2.24) is 0 Å². The Bertz CT molecular complexity index is 548. The normalized spacial score (nSPS) is 9.71. The van der Waals surface area contributed by atoms with Crippen molar-refractivity contribution in [2.45, 2.75) is 6.92 Å². The van der Waals surface area contributed by atoms with Crippen molar-refractivity contribution in [2.24, 2.45) is 0 Å². The molecule has 0 aliphatic rings. The van der Waals surface area contributed by atoms with E-state index in [-0.39, 0.29) is 5.82 Å². The Morgan fingerprint density at radius 1 is 1.12 bits per heavy atom. The maximum Gasteiger partial charge on any atom is 0.146 e. The van der Waals surface area contributed by atoms with E-state index >= 15 is 0 Å². The second kappa shape index (κ2) is 4.67. The third-order valence-electron chi connectivity index (χ3n) is 2.51. The molecule has 0 aromatic heterocycles. The molecule has 0 spiro atoms. The number of nitrogens with zero attached hydrogens (tertiary/aromatic N) is 1. The third-order valence-corrected chi connectivity index (χ3v) is 2.51. The molecule has 1 N–H and O–H groups in total. The molecular formula is C14H11FN2. The third kappa shape index (κ3) is 2.43. The van der Waals surface area contributed by atoms with E-state index in [0.717, 1.165) is 11.3 Å². The maximum absolute atomic E-state index is 13.6. The van der Waals surface area contributed by atoms with Gasteiger partial charge in [0.25, 0.3) is 0 Å². The number of hydrogen-bond acceptors (Lipinski definition) is 2. The molecule has 0 aliphatic heterocycles. The Balaban J connectivity index is 2.29. The predicted octanol–water partition coefficient (Wildman–Crippen LogP) is 3.75. The summed E-state index contributed by atoms with van der Waals surface area (Å²) in [5, 5.41) is 11.7. The molecule has 0 amide bonds. The number of nitrogens with one attached hydrogen (secondary N) is 1. The molecule has 0 fully saturated rings. The lowest BCUT2D eigenvalue weighted by atomic mass is 10.1. The number of nitriles is 1. The summed E-state index contributed by atoms with van der Waals surface area (Å²) >= 11 is 0. The van der Waals surface area contributed by atoms with Crippen molar-refractivity contribution in [2.75, 3.05) is 5.32 Å². The summed E-state index contributed by atoms with van der Waals surface area (Å²) in [5.41, 5.74) is 2.66. The highest BCUT2D eigenvalue weighted by Gasteiger charge is 2.04. The number of halogens is 1. The first kappa shape index (κ1) is 11.2. The minimum absolute atomic E-state index is 0.283. The van der Waals surface area contributed by atoms with Gasteiger partial charge in [-0.25, -0.2) is 4.39 Å². The average molecular weight is 226 g/mol. The van der Waals surface area contributed by atoms with E-state index in [2.05, 4.69) is 5.32 Å². The summed E-state index contributed by atoms with van der Waals surface area (Å²) in [6.07, 6.45) is 0. The first-order chi connectivity index (χ1) is 8.20. The fraction of sp³-hybridized carbons (Fsp3) is 0.0714. The molecule has 0 saturated heterocycles. The minimum Gasteiger partial charge on any atom is -0.353 e. The van der Waals surface area contributed by atoms with E-state index in [9.17, 15) is 4.39 Å². The van der Waals surface area contributed by atoms with Gasteiger partial charge in [0.2, 0.25) is 0 Å².